The van der Waals surface area contributed by atoms with E-state index in [2.05, 4.69) is 9.97 Å². The summed E-state index contributed by atoms with van der Waals surface area (Å²) in [6.07, 6.45) is 0. The second kappa shape index (κ2) is 2.85. The average molecular weight is 218 g/mol. The van der Waals surface area contributed by atoms with Crippen LogP contribution >= 0.6 is 0 Å². The van der Waals surface area contributed by atoms with Crippen molar-refractivity contribution in [2.75, 3.05) is 0 Å². The van der Waals surface area contributed by atoms with Crippen LogP contribution in [0.1, 0.15) is 10.5 Å². The summed E-state index contributed by atoms with van der Waals surface area (Å²) in [4.78, 5) is 16.3. The normalized spacial score (nSPS) is 11.3. The molecule has 1 aromatic carbocycles. The first-order valence-corrected chi connectivity index (χ1v) is 4.69. The lowest BCUT2D eigenvalue weighted by atomic mass is 10.2. The van der Waals surface area contributed by atoms with Crippen LogP contribution in [0.15, 0.2) is 24.3 Å². The molecule has 5 heteroatoms. The first kappa shape index (κ1) is 8.96. The summed E-state index contributed by atoms with van der Waals surface area (Å²) >= 11 is 0. The molecule has 2 heterocycles. The lowest BCUT2D eigenvalue weighted by molar-refractivity contribution is 0.0691. The Morgan fingerprint density at radius 2 is 2.06 bits per heavy atom. The lowest BCUT2D eigenvalue weighted by Gasteiger charge is -1.91. The van der Waals surface area contributed by atoms with Crippen LogP contribution in [0.25, 0.3) is 21.9 Å². The fourth-order valence-corrected chi connectivity index (χ4v) is 1.88. The molecule has 0 atom stereocenters. The van der Waals surface area contributed by atoms with Gasteiger partial charge in [-0.25, -0.2) is 9.18 Å². The van der Waals surface area contributed by atoms with Gasteiger partial charge < -0.3 is 15.1 Å². The molecule has 2 aromatic heterocycles. The number of rotatable bonds is 1. The number of H-pyrrole nitrogens is 2. The number of hydrogen-bond acceptors (Lipinski definition) is 1. The number of nitrogens with one attached hydrogen (secondary N) is 2. The highest BCUT2D eigenvalue weighted by molar-refractivity contribution is 6.08. The van der Waals surface area contributed by atoms with Crippen LogP contribution in [0.5, 0.6) is 0 Å². The number of fused-ring (bicyclic) bond motifs is 3. The zero-order valence-corrected chi connectivity index (χ0v) is 8.04. The van der Waals surface area contributed by atoms with Crippen LogP contribution in [0.3, 0.4) is 0 Å². The van der Waals surface area contributed by atoms with E-state index in [1.165, 1.54) is 12.1 Å². The van der Waals surface area contributed by atoms with Crippen molar-refractivity contribution in [1.82, 2.24) is 9.97 Å². The third kappa shape index (κ3) is 1.05. The third-order valence-electron chi connectivity index (χ3n) is 2.60. The van der Waals surface area contributed by atoms with E-state index in [0.717, 1.165) is 0 Å². The van der Waals surface area contributed by atoms with Crippen molar-refractivity contribution >= 4 is 27.9 Å². The van der Waals surface area contributed by atoms with Gasteiger partial charge in [-0.2, -0.15) is 0 Å². The largest absolute Gasteiger partial charge is 0.477 e. The van der Waals surface area contributed by atoms with Gasteiger partial charge in [0.15, 0.2) is 0 Å². The number of benzene rings is 1. The van der Waals surface area contributed by atoms with Crippen LogP contribution < -0.4 is 0 Å². The molecule has 3 rings (SSSR count). The van der Waals surface area contributed by atoms with E-state index < -0.39 is 5.97 Å². The fraction of sp³-hybridized carbons (Fsp3) is 0. The van der Waals surface area contributed by atoms with Crippen molar-refractivity contribution in [3.05, 3.63) is 35.8 Å². The summed E-state index contributed by atoms with van der Waals surface area (Å²) < 4.78 is 13.4. The molecule has 0 aliphatic heterocycles. The van der Waals surface area contributed by atoms with Gasteiger partial charge in [-0.3, -0.25) is 0 Å². The maximum atomic E-state index is 13.4. The number of aromatic nitrogens is 2. The van der Waals surface area contributed by atoms with Gasteiger partial charge in [0.05, 0.1) is 5.52 Å². The molecule has 0 fully saturated rings. The van der Waals surface area contributed by atoms with Crippen molar-refractivity contribution in [2.24, 2.45) is 0 Å². The second-order valence-corrected chi connectivity index (χ2v) is 3.56. The molecular weight excluding hydrogens is 211 g/mol. The summed E-state index contributed by atoms with van der Waals surface area (Å²) in [5, 5.41) is 10.2. The van der Waals surface area contributed by atoms with Crippen molar-refractivity contribution in [1.29, 1.82) is 0 Å². The molecule has 0 spiro atoms. The van der Waals surface area contributed by atoms with E-state index in [0.29, 0.717) is 21.9 Å². The van der Waals surface area contributed by atoms with E-state index in [1.54, 1.807) is 12.1 Å². The number of para-hydroxylation sites is 1. The molecular formula is C11H7FN2O2. The monoisotopic (exact) mass is 218 g/mol. The minimum Gasteiger partial charge on any atom is -0.477 e. The van der Waals surface area contributed by atoms with E-state index in [9.17, 15) is 9.18 Å². The van der Waals surface area contributed by atoms with Crippen molar-refractivity contribution < 1.29 is 14.3 Å². The Morgan fingerprint density at radius 1 is 1.25 bits per heavy atom. The number of carboxylic acids is 1. The number of aromatic carboxylic acids is 1. The predicted octanol–water partition coefficient (Wildman–Crippen LogP) is 2.49. The molecule has 0 saturated carbocycles. The van der Waals surface area contributed by atoms with Crippen molar-refractivity contribution in [2.45, 2.75) is 0 Å². The standard InChI is InChI=1S/C11H7FN2O2/c12-7-3-1-2-5-6-4-8(11(15)16)13-10(6)14-9(5)7/h1-4,13-14H,(H,15,16). The number of hydrogen-bond donors (Lipinski definition) is 3. The molecule has 3 N–H and O–H groups in total. The zero-order valence-electron chi connectivity index (χ0n) is 8.04. The van der Waals surface area contributed by atoms with Crippen LogP contribution in [0.4, 0.5) is 4.39 Å². The van der Waals surface area contributed by atoms with Crippen molar-refractivity contribution in [3.8, 4) is 0 Å². The molecule has 4 nitrogen and oxygen atoms in total. The lowest BCUT2D eigenvalue weighted by Crippen LogP contribution is -1.95. The Bertz CT molecular complexity index is 711. The van der Waals surface area contributed by atoms with Gasteiger partial charge in [-0.1, -0.05) is 12.1 Å². The Kier molecular flexibility index (Phi) is 1.60. The number of carbonyl (C=O) groups is 1. The van der Waals surface area contributed by atoms with Crippen LogP contribution in [0.2, 0.25) is 0 Å². The van der Waals surface area contributed by atoms with Crippen LogP contribution in [-0.4, -0.2) is 21.0 Å². The van der Waals surface area contributed by atoms with Gasteiger partial charge in [0, 0.05) is 10.8 Å². The molecule has 0 unspecified atom stereocenters. The maximum Gasteiger partial charge on any atom is 0.352 e. The SMILES string of the molecule is O=C(O)c1cc2c([nH]1)[nH]c1c(F)cccc12. The van der Waals surface area contributed by atoms with Gasteiger partial charge in [0.2, 0.25) is 0 Å². The molecule has 16 heavy (non-hydrogen) atoms. The fourth-order valence-electron chi connectivity index (χ4n) is 1.88. The smallest absolute Gasteiger partial charge is 0.352 e. The summed E-state index contributed by atoms with van der Waals surface area (Å²) in [5.74, 6) is -1.38. The summed E-state index contributed by atoms with van der Waals surface area (Å²) in [6, 6.07) is 6.20. The Balaban J connectivity index is 2.43. The van der Waals surface area contributed by atoms with E-state index >= 15 is 0 Å². The van der Waals surface area contributed by atoms with E-state index in [1.807, 2.05) is 0 Å². The van der Waals surface area contributed by atoms with Crippen LogP contribution in [-0.2, 0) is 0 Å². The summed E-state index contributed by atoms with van der Waals surface area (Å²) in [7, 11) is 0. The quantitative estimate of drug-likeness (QED) is 0.587. The van der Waals surface area contributed by atoms with Gasteiger partial charge in [0.25, 0.3) is 0 Å². The zero-order chi connectivity index (χ0) is 11.3. The minimum absolute atomic E-state index is 0.0902. The predicted molar refractivity (Wildman–Crippen MR) is 57.1 cm³/mol. The Hall–Kier alpha value is -2.30. The first-order valence-electron chi connectivity index (χ1n) is 4.69. The molecule has 0 bridgehead atoms. The third-order valence-corrected chi connectivity index (χ3v) is 2.60. The maximum absolute atomic E-state index is 13.4. The number of halogens is 1. The molecule has 0 aliphatic rings. The minimum atomic E-state index is -1.03. The van der Waals surface area contributed by atoms with Gasteiger partial charge >= 0.3 is 5.97 Å². The Morgan fingerprint density at radius 3 is 2.81 bits per heavy atom. The van der Waals surface area contributed by atoms with Gasteiger partial charge in [-0.05, 0) is 12.1 Å². The second-order valence-electron chi connectivity index (χ2n) is 3.56. The molecule has 3 aromatic rings. The highest BCUT2D eigenvalue weighted by atomic mass is 19.1. The molecule has 0 radical (unpaired) electrons. The number of aromatic amines is 2. The average Bonchev–Trinajstić information content (AvgIpc) is 2.76. The van der Waals surface area contributed by atoms with Gasteiger partial charge in [-0.15, -0.1) is 0 Å². The Labute approximate surface area is 88.7 Å². The first-order chi connectivity index (χ1) is 7.66. The highest BCUT2D eigenvalue weighted by Crippen LogP contribution is 2.27. The van der Waals surface area contributed by atoms with Crippen molar-refractivity contribution in [3.63, 3.8) is 0 Å². The van der Waals surface area contributed by atoms with E-state index in [4.69, 9.17) is 5.11 Å². The van der Waals surface area contributed by atoms with E-state index in [-0.39, 0.29) is 11.5 Å². The number of carboxylic acid groups (broad SMARTS) is 1. The molecule has 80 valence electrons. The molecule has 0 amide bonds. The highest BCUT2D eigenvalue weighted by Gasteiger charge is 2.13. The van der Waals surface area contributed by atoms with Crippen LogP contribution in [0, 0.1) is 5.82 Å². The summed E-state index contributed by atoms with van der Waals surface area (Å²) in [6.45, 7) is 0. The molecule has 0 aliphatic carbocycles. The summed E-state index contributed by atoms with van der Waals surface area (Å²) in [5.41, 5.74) is 1.01. The van der Waals surface area contributed by atoms with Gasteiger partial charge in [0.1, 0.15) is 17.2 Å². The topological polar surface area (TPSA) is 68.9 Å². The molecule has 0 saturated heterocycles.